The highest BCUT2D eigenvalue weighted by Gasteiger charge is 2.26. The molecule has 4 N–H and O–H groups in total. The van der Waals surface area contributed by atoms with Crippen molar-refractivity contribution in [1.82, 2.24) is 15.2 Å². The normalized spacial score (nSPS) is 14.4. The Morgan fingerprint density at radius 3 is 2.66 bits per heavy atom. The fraction of sp³-hybridized carbons (Fsp3) is 0.333. The van der Waals surface area contributed by atoms with Crippen molar-refractivity contribution in [2.24, 2.45) is 0 Å². The molecule has 0 saturated heterocycles. The number of carboxylic acid groups (broad SMARTS) is 1. The van der Waals surface area contributed by atoms with Crippen molar-refractivity contribution in [1.29, 1.82) is 0 Å². The molecule has 35 heavy (non-hydrogen) atoms. The molecular weight excluding hydrogens is 459 g/mol. The third kappa shape index (κ3) is 5.75. The number of nitrogens with zero attached hydrogens (tertiary/aromatic N) is 1. The van der Waals surface area contributed by atoms with Crippen LogP contribution in [0.15, 0.2) is 18.2 Å². The summed E-state index contributed by atoms with van der Waals surface area (Å²) in [6, 6.07) is 4.03. The lowest BCUT2D eigenvalue weighted by atomic mass is 10.0. The van der Waals surface area contributed by atoms with E-state index in [1.807, 2.05) is 0 Å². The van der Waals surface area contributed by atoms with Crippen molar-refractivity contribution in [3.63, 3.8) is 0 Å². The highest BCUT2D eigenvalue weighted by Crippen LogP contribution is 2.34. The Hall–Kier alpha value is -3.99. The Kier molecular flexibility index (Phi) is 7.70. The Bertz CT molecular complexity index is 1220. The second-order valence-electron chi connectivity index (χ2n) is 8.28. The van der Waals surface area contributed by atoms with E-state index in [2.05, 4.69) is 15.6 Å². The minimum Gasteiger partial charge on any atom is -0.480 e. The zero-order valence-electron chi connectivity index (χ0n) is 19.8. The molecule has 0 saturated carbocycles. The van der Waals surface area contributed by atoms with E-state index >= 15 is 0 Å². The van der Waals surface area contributed by atoms with Gasteiger partial charge >= 0.3 is 5.97 Å². The van der Waals surface area contributed by atoms with E-state index in [0.717, 1.165) is 4.90 Å². The van der Waals surface area contributed by atoms with Crippen LogP contribution in [-0.4, -0.2) is 72.0 Å². The van der Waals surface area contributed by atoms with Crippen molar-refractivity contribution in [3.8, 4) is 0 Å². The number of rotatable bonds is 9. The van der Waals surface area contributed by atoms with E-state index in [0.29, 0.717) is 33.8 Å². The summed E-state index contributed by atoms with van der Waals surface area (Å²) in [5, 5.41) is 14.2. The first-order valence-electron chi connectivity index (χ1n) is 10.8. The summed E-state index contributed by atoms with van der Waals surface area (Å²) >= 11 is 0. The Morgan fingerprint density at radius 2 is 2.00 bits per heavy atom. The SMILES string of the molecule is COC(CNC(=O)c1c(C)[nH]c(/C=C2\C(=O)Nc3ccc(F)cc32)c1C)CC(=O)N(C)CC(=O)O. The zero-order valence-corrected chi connectivity index (χ0v) is 19.8. The third-order valence-corrected chi connectivity index (χ3v) is 5.78. The number of aliphatic carboxylic acids is 1. The van der Waals surface area contributed by atoms with Gasteiger partial charge in [0.05, 0.1) is 23.7 Å². The van der Waals surface area contributed by atoms with Gasteiger partial charge in [-0.05, 0) is 43.7 Å². The van der Waals surface area contributed by atoms with Crippen LogP contribution in [0.5, 0.6) is 0 Å². The quantitative estimate of drug-likeness (QED) is 0.399. The van der Waals surface area contributed by atoms with Crippen LogP contribution in [0, 0.1) is 19.7 Å². The number of carbonyl (C=O) groups excluding carboxylic acids is 3. The highest BCUT2D eigenvalue weighted by atomic mass is 19.1. The lowest BCUT2D eigenvalue weighted by molar-refractivity contribution is -0.144. The van der Waals surface area contributed by atoms with Gasteiger partial charge in [-0.2, -0.15) is 0 Å². The molecule has 0 radical (unpaired) electrons. The minimum absolute atomic E-state index is 0.0253. The second kappa shape index (κ2) is 10.5. The molecule has 1 aromatic heterocycles. The van der Waals surface area contributed by atoms with E-state index in [4.69, 9.17) is 9.84 Å². The molecule has 3 rings (SSSR count). The van der Waals surface area contributed by atoms with Crippen molar-refractivity contribution < 1.29 is 33.4 Å². The fourth-order valence-electron chi connectivity index (χ4n) is 3.88. The van der Waals surface area contributed by atoms with E-state index < -0.39 is 36.2 Å². The summed E-state index contributed by atoms with van der Waals surface area (Å²) in [6.07, 6.45) is 0.820. The highest BCUT2D eigenvalue weighted by molar-refractivity contribution is 6.34. The topological polar surface area (TPSA) is 141 Å². The number of amides is 3. The number of aromatic amines is 1. The number of carboxylic acids is 1. The molecule has 0 aliphatic carbocycles. The molecule has 2 heterocycles. The van der Waals surface area contributed by atoms with Crippen LogP contribution >= 0.6 is 0 Å². The van der Waals surface area contributed by atoms with E-state index in [1.165, 1.54) is 32.4 Å². The number of H-pyrrole nitrogens is 1. The van der Waals surface area contributed by atoms with Crippen molar-refractivity contribution >= 4 is 41.0 Å². The van der Waals surface area contributed by atoms with Gasteiger partial charge in [-0.15, -0.1) is 0 Å². The average Bonchev–Trinajstić information content (AvgIpc) is 3.25. The number of methoxy groups -OCH3 is 1. The predicted molar refractivity (Wildman–Crippen MR) is 126 cm³/mol. The number of anilines is 1. The number of benzene rings is 1. The molecule has 0 bridgehead atoms. The van der Waals surface area contributed by atoms with Crippen LogP contribution in [0.3, 0.4) is 0 Å². The smallest absolute Gasteiger partial charge is 0.323 e. The van der Waals surface area contributed by atoms with Gasteiger partial charge in [0.1, 0.15) is 12.4 Å². The van der Waals surface area contributed by atoms with Crippen LogP contribution in [0.2, 0.25) is 0 Å². The van der Waals surface area contributed by atoms with Crippen molar-refractivity contribution in [3.05, 3.63) is 52.1 Å². The lowest BCUT2D eigenvalue weighted by Gasteiger charge is -2.20. The zero-order chi connectivity index (χ0) is 25.9. The minimum atomic E-state index is -1.13. The number of carbonyl (C=O) groups is 4. The molecule has 10 nitrogen and oxygen atoms in total. The third-order valence-electron chi connectivity index (χ3n) is 5.78. The Labute approximate surface area is 201 Å². The number of halogens is 1. The molecular formula is C24H27FN4O6. The van der Waals surface area contributed by atoms with Crippen LogP contribution in [0.25, 0.3) is 11.6 Å². The fourth-order valence-corrected chi connectivity index (χ4v) is 3.88. The Balaban J connectivity index is 1.73. The van der Waals surface area contributed by atoms with E-state index in [1.54, 1.807) is 19.9 Å². The van der Waals surface area contributed by atoms with E-state index in [9.17, 15) is 23.6 Å². The molecule has 3 amide bonds. The summed E-state index contributed by atoms with van der Waals surface area (Å²) in [7, 11) is 2.77. The van der Waals surface area contributed by atoms with Gasteiger partial charge in [0, 0.05) is 43.3 Å². The number of aryl methyl sites for hydroxylation is 1. The number of fused-ring (bicyclic) bond motifs is 1. The molecule has 1 aliphatic heterocycles. The maximum atomic E-state index is 13.7. The molecule has 0 fully saturated rings. The molecule has 2 aromatic rings. The largest absolute Gasteiger partial charge is 0.480 e. The molecule has 186 valence electrons. The summed E-state index contributed by atoms with van der Waals surface area (Å²) < 4.78 is 19.0. The number of ether oxygens (including phenoxy) is 1. The van der Waals surface area contributed by atoms with Gasteiger partial charge in [0.15, 0.2) is 0 Å². The van der Waals surface area contributed by atoms with Gasteiger partial charge in [0.25, 0.3) is 11.8 Å². The first-order chi connectivity index (χ1) is 16.5. The van der Waals surface area contributed by atoms with Crippen molar-refractivity contribution in [2.75, 3.05) is 32.6 Å². The molecule has 1 aliphatic rings. The van der Waals surface area contributed by atoms with E-state index in [-0.39, 0.29) is 24.4 Å². The van der Waals surface area contributed by atoms with Crippen molar-refractivity contribution in [2.45, 2.75) is 26.4 Å². The number of nitrogens with one attached hydrogen (secondary N) is 3. The van der Waals surface area contributed by atoms with Crippen LogP contribution < -0.4 is 10.6 Å². The van der Waals surface area contributed by atoms with Gasteiger partial charge in [-0.25, -0.2) is 4.39 Å². The van der Waals surface area contributed by atoms with Crippen LogP contribution in [0.4, 0.5) is 10.1 Å². The average molecular weight is 487 g/mol. The second-order valence-corrected chi connectivity index (χ2v) is 8.28. The summed E-state index contributed by atoms with van der Waals surface area (Å²) in [5.74, 6) is -2.80. The summed E-state index contributed by atoms with van der Waals surface area (Å²) in [4.78, 5) is 52.5. The van der Waals surface area contributed by atoms with Crippen LogP contribution in [0.1, 0.15) is 39.3 Å². The molecule has 1 unspecified atom stereocenters. The van der Waals surface area contributed by atoms with Crippen LogP contribution in [-0.2, 0) is 19.1 Å². The number of aromatic nitrogens is 1. The molecule has 1 atom stereocenters. The first-order valence-corrected chi connectivity index (χ1v) is 10.8. The summed E-state index contributed by atoms with van der Waals surface area (Å²) in [5.41, 5.74) is 3.29. The Morgan fingerprint density at radius 1 is 1.29 bits per heavy atom. The van der Waals surface area contributed by atoms with Gasteiger partial charge < -0.3 is 30.4 Å². The number of hydrogen-bond donors (Lipinski definition) is 4. The molecule has 1 aromatic carbocycles. The predicted octanol–water partition coefficient (Wildman–Crippen LogP) is 1.94. The summed E-state index contributed by atoms with van der Waals surface area (Å²) in [6.45, 7) is 3.03. The van der Waals surface area contributed by atoms with Gasteiger partial charge in [-0.3, -0.25) is 19.2 Å². The number of hydrogen-bond acceptors (Lipinski definition) is 5. The number of likely N-dealkylation sites (N-methyl/N-ethyl adjacent to an activating group) is 1. The standard InChI is InChI=1S/C24H27FN4O6/c1-12-19(9-17-16-7-14(25)5-6-18(16)28-23(17)33)27-13(2)22(12)24(34)26-10-15(35-4)8-20(30)29(3)11-21(31)32/h5-7,9,15,27H,8,10-11H2,1-4H3,(H,26,34)(H,28,33)(H,31,32)/b17-9-. The molecule has 0 spiro atoms. The first kappa shape index (κ1) is 25.6. The maximum Gasteiger partial charge on any atom is 0.323 e. The monoisotopic (exact) mass is 486 g/mol. The maximum absolute atomic E-state index is 13.7. The molecule has 11 heteroatoms. The van der Waals surface area contributed by atoms with Gasteiger partial charge in [0.2, 0.25) is 5.91 Å². The lowest BCUT2D eigenvalue weighted by Crippen LogP contribution is -2.39. The van der Waals surface area contributed by atoms with Gasteiger partial charge in [-0.1, -0.05) is 0 Å².